The second kappa shape index (κ2) is 6.11. The number of aromatic nitrogens is 4. The Bertz CT molecular complexity index is 874. The molecule has 2 N–H and O–H groups in total. The molecule has 0 aliphatic rings. The normalized spacial score (nSPS) is 10.3. The second-order valence-corrected chi connectivity index (χ2v) is 4.73. The van der Waals surface area contributed by atoms with Crippen LogP contribution in [0.2, 0.25) is 0 Å². The third-order valence-corrected chi connectivity index (χ3v) is 3.04. The van der Waals surface area contributed by atoms with Gasteiger partial charge in [0.2, 0.25) is 5.91 Å². The van der Waals surface area contributed by atoms with Gasteiger partial charge in [0.1, 0.15) is 17.6 Å². The Morgan fingerprint density at radius 2 is 2.13 bits per heavy atom. The number of halogens is 1. The van der Waals surface area contributed by atoms with E-state index < -0.39 is 0 Å². The minimum Gasteiger partial charge on any atom is -0.309 e. The molecule has 0 bridgehead atoms. The predicted octanol–water partition coefficient (Wildman–Crippen LogP) is 1.79. The van der Waals surface area contributed by atoms with Gasteiger partial charge in [-0.2, -0.15) is 15.5 Å². The summed E-state index contributed by atoms with van der Waals surface area (Å²) in [5, 5.41) is 21.8. The molecular formula is C15H11FN6O. The average molecular weight is 310 g/mol. The molecule has 3 aromatic rings. The molecule has 1 aromatic carbocycles. The maximum atomic E-state index is 12.9. The first kappa shape index (κ1) is 14.5. The van der Waals surface area contributed by atoms with Gasteiger partial charge >= 0.3 is 0 Å². The van der Waals surface area contributed by atoms with Gasteiger partial charge in [0.15, 0.2) is 5.82 Å². The van der Waals surface area contributed by atoms with E-state index in [4.69, 9.17) is 5.26 Å². The number of nitriles is 1. The standard InChI is InChI=1S/C15H11FN6O/c16-10-1-3-13(4-2-10)22-6-5-11(21-22)8-15(23)18-14-7-12(9-17)19-20-14/h1-7H,8H2,(H2,18,19,20,23). The minimum absolute atomic E-state index is 0.0585. The zero-order chi connectivity index (χ0) is 16.2. The van der Waals surface area contributed by atoms with E-state index in [1.54, 1.807) is 29.1 Å². The molecule has 0 aliphatic heterocycles. The zero-order valence-electron chi connectivity index (χ0n) is 11.8. The van der Waals surface area contributed by atoms with Crippen LogP contribution in [0.15, 0.2) is 42.6 Å². The van der Waals surface area contributed by atoms with Gasteiger partial charge in [0.25, 0.3) is 0 Å². The lowest BCUT2D eigenvalue weighted by Gasteiger charge is -2.01. The average Bonchev–Trinajstić information content (AvgIpc) is 3.17. The number of H-pyrrole nitrogens is 1. The molecule has 0 radical (unpaired) electrons. The van der Waals surface area contributed by atoms with Crippen LogP contribution in [0.5, 0.6) is 0 Å². The molecule has 2 aromatic heterocycles. The zero-order valence-corrected chi connectivity index (χ0v) is 11.8. The van der Waals surface area contributed by atoms with Crippen molar-refractivity contribution in [1.82, 2.24) is 20.0 Å². The molecule has 0 atom stereocenters. The molecule has 114 valence electrons. The lowest BCUT2D eigenvalue weighted by molar-refractivity contribution is -0.115. The van der Waals surface area contributed by atoms with Crippen molar-refractivity contribution in [3.8, 4) is 11.8 Å². The minimum atomic E-state index is -0.323. The van der Waals surface area contributed by atoms with Crippen LogP contribution in [-0.4, -0.2) is 25.9 Å². The summed E-state index contributed by atoms with van der Waals surface area (Å²) in [5.41, 5.74) is 1.52. The molecule has 8 heteroatoms. The fourth-order valence-corrected chi connectivity index (χ4v) is 1.99. The van der Waals surface area contributed by atoms with Crippen LogP contribution in [-0.2, 0) is 11.2 Å². The quantitative estimate of drug-likeness (QED) is 0.767. The summed E-state index contributed by atoms with van der Waals surface area (Å²) < 4.78 is 14.5. The lowest BCUT2D eigenvalue weighted by Crippen LogP contribution is -2.15. The molecule has 0 aliphatic carbocycles. The largest absolute Gasteiger partial charge is 0.309 e. The number of hydrogen-bond acceptors (Lipinski definition) is 4. The summed E-state index contributed by atoms with van der Waals surface area (Å²) in [6, 6.07) is 10.9. The highest BCUT2D eigenvalue weighted by atomic mass is 19.1. The number of carbonyl (C=O) groups is 1. The van der Waals surface area contributed by atoms with Gasteiger partial charge < -0.3 is 5.32 Å². The Kier molecular flexibility index (Phi) is 3.84. The maximum absolute atomic E-state index is 12.9. The van der Waals surface area contributed by atoms with Gasteiger partial charge in [-0.15, -0.1) is 0 Å². The fraction of sp³-hybridized carbons (Fsp3) is 0.0667. The van der Waals surface area contributed by atoms with Gasteiger partial charge in [-0.25, -0.2) is 9.07 Å². The number of rotatable bonds is 4. The van der Waals surface area contributed by atoms with E-state index in [0.717, 1.165) is 0 Å². The Balaban J connectivity index is 1.65. The summed E-state index contributed by atoms with van der Waals surface area (Å²) in [7, 11) is 0. The smallest absolute Gasteiger partial charge is 0.231 e. The van der Waals surface area contributed by atoms with E-state index in [1.807, 2.05) is 6.07 Å². The summed E-state index contributed by atoms with van der Waals surface area (Å²) >= 11 is 0. The van der Waals surface area contributed by atoms with E-state index in [-0.39, 0.29) is 29.7 Å². The van der Waals surface area contributed by atoms with Crippen LogP contribution in [0, 0.1) is 17.1 Å². The van der Waals surface area contributed by atoms with Crippen molar-refractivity contribution >= 4 is 11.7 Å². The Morgan fingerprint density at radius 3 is 2.83 bits per heavy atom. The van der Waals surface area contributed by atoms with E-state index in [0.29, 0.717) is 11.4 Å². The SMILES string of the molecule is N#Cc1cc(NC(=O)Cc2ccn(-c3ccc(F)cc3)n2)n[nH]1. The van der Waals surface area contributed by atoms with Gasteiger partial charge in [-0.3, -0.25) is 9.89 Å². The van der Waals surface area contributed by atoms with Crippen LogP contribution in [0.4, 0.5) is 10.2 Å². The summed E-state index contributed by atoms with van der Waals surface area (Å²) in [6.45, 7) is 0. The van der Waals surface area contributed by atoms with Crippen molar-refractivity contribution in [2.45, 2.75) is 6.42 Å². The van der Waals surface area contributed by atoms with Crippen LogP contribution in [0.25, 0.3) is 5.69 Å². The van der Waals surface area contributed by atoms with E-state index >= 15 is 0 Å². The molecule has 7 nitrogen and oxygen atoms in total. The number of anilines is 1. The molecule has 0 fully saturated rings. The number of amides is 1. The number of nitrogens with zero attached hydrogens (tertiary/aromatic N) is 4. The molecule has 23 heavy (non-hydrogen) atoms. The maximum Gasteiger partial charge on any atom is 0.231 e. The van der Waals surface area contributed by atoms with E-state index in [2.05, 4.69) is 20.6 Å². The van der Waals surface area contributed by atoms with Crippen molar-refractivity contribution in [1.29, 1.82) is 5.26 Å². The number of carbonyl (C=O) groups excluding carboxylic acids is 1. The van der Waals surface area contributed by atoms with Crippen molar-refractivity contribution in [2.24, 2.45) is 0 Å². The monoisotopic (exact) mass is 310 g/mol. The molecule has 3 rings (SSSR count). The Hall–Kier alpha value is -3.47. The highest BCUT2D eigenvalue weighted by Gasteiger charge is 2.09. The molecule has 2 heterocycles. The summed E-state index contributed by atoms with van der Waals surface area (Å²) in [5.74, 6) is -0.342. The number of aromatic amines is 1. The van der Waals surface area contributed by atoms with Crippen molar-refractivity contribution in [2.75, 3.05) is 5.32 Å². The van der Waals surface area contributed by atoms with Crippen molar-refractivity contribution < 1.29 is 9.18 Å². The Labute approximate surface area is 130 Å². The fourth-order valence-electron chi connectivity index (χ4n) is 1.99. The molecule has 0 unspecified atom stereocenters. The number of nitrogens with one attached hydrogen (secondary N) is 2. The van der Waals surface area contributed by atoms with Gasteiger partial charge in [0, 0.05) is 12.3 Å². The first-order valence-corrected chi connectivity index (χ1v) is 6.70. The van der Waals surface area contributed by atoms with E-state index in [1.165, 1.54) is 18.2 Å². The number of benzene rings is 1. The third kappa shape index (κ3) is 3.41. The van der Waals surface area contributed by atoms with Crippen LogP contribution in [0.3, 0.4) is 0 Å². The summed E-state index contributed by atoms with van der Waals surface area (Å²) in [4.78, 5) is 11.9. The molecular weight excluding hydrogens is 299 g/mol. The van der Waals surface area contributed by atoms with Crippen molar-refractivity contribution in [3.63, 3.8) is 0 Å². The van der Waals surface area contributed by atoms with E-state index in [9.17, 15) is 9.18 Å². The second-order valence-electron chi connectivity index (χ2n) is 4.73. The van der Waals surface area contributed by atoms with Crippen LogP contribution < -0.4 is 5.32 Å². The molecule has 0 saturated heterocycles. The van der Waals surface area contributed by atoms with Crippen LogP contribution >= 0.6 is 0 Å². The highest BCUT2D eigenvalue weighted by Crippen LogP contribution is 2.10. The molecule has 0 spiro atoms. The Morgan fingerprint density at radius 1 is 1.35 bits per heavy atom. The summed E-state index contributed by atoms with van der Waals surface area (Å²) in [6.07, 6.45) is 1.75. The highest BCUT2D eigenvalue weighted by molar-refractivity contribution is 5.91. The lowest BCUT2D eigenvalue weighted by atomic mass is 10.3. The van der Waals surface area contributed by atoms with Gasteiger partial charge in [0.05, 0.1) is 17.8 Å². The number of hydrogen-bond donors (Lipinski definition) is 2. The first-order valence-electron chi connectivity index (χ1n) is 6.70. The van der Waals surface area contributed by atoms with Crippen LogP contribution in [0.1, 0.15) is 11.4 Å². The first-order chi connectivity index (χ1) is 11.1. The van der Waals surface area contributed by atoms with Gasteiger partial charge in [-0.1, -0.05) is 0 Å². The predicted molar refractivity (Wildman–Crippen MR) is 79.2 cm³/mol. The molecule has 0 saturated carbocycles. The van der Waals surface area contributed by atoms with Gasteiger partial charge in [-0.05, 0) is 30.3 Å². The van der Waals surface area contributed by atoms with Crippen molar-refractivity contribution in [3.05, 3.63) is 59.8 Å². The molecule has 1 amide bonds. The third-order valence-electron chi connectivity index (χ3n) is 3.04. The topological polar surface area (TPSA) is 99.4 Å².